The Kier molecular flexibility index (Phi) is 10.2. The third-order valence-corrected chi connectivity index (χ3v) is 11.6. The second kappa shape index (κ2) is 12.7. The Morgan fingerprint density at radius 3 is 2.57 bits per heavy atom. The number of nitrogens with two attached hydrogens (primary N) is 1. The van der Waals surface area contributed by atoms with E-state index in [-0.39, 0.29) is 17.0 Å². The summed E-state index contributed by atoms with van der Waals surface area (Å²) in [5, 5.41) is 69.0. The maximum absolute atomic E-state index is 12.6. The van der Waals surface area contributed by atoms with Crippen LogP contribution in [0.1, 0.15) is 5.37 Å². The van der Waals surface area contributed by atoms with E-state index in [9.17, 15) is 45.0 Å². The first-order valence-corrected chi connectivity index (χ1v) is 16.9. The van der Waals surface area contributed by atoms with Crippen LogP contribution in [-0.2, 0) is 34.5 Å². The number of anilines is 1. The maximum Gasteiger partial charge on any atom is 0.481 e. The number of aromatic nitrogens is 4. The zero-order chi connectivity index (χ0) is 31.2. The smallest absolute Gasteiger partial charge is 0.394 e. The van der Waals surface area contributed by atoms with Gasteiger partial charge in [-0.05, 0) is 11.8 Å². The van der Waals surface area contributed by atoms with E-state index in [1.165, 1.54) is 17.2 Å². The SMILES string of the molecule is C=C[C@@]1(O)[C@H](O)[C@@H](COP(O)(=S)OP(=O)(O)OC2OC([C@@H](O)CO)C(O)C(O)C2O)S[C@H]1n1cnc2c(N)ncnc21. The first kappa shape index (κ1) is 33.7. The van der Waals surface area contributed by atoms with Crippen LogP contribution in [0.3, 0.4) is 0 Å². The zero-order valence-electron chi connectivity index (χ0n) is 21.2. The lowest BCUT2D eigenvalue weighted by Gasteiger charge is -2.41. The van der Waals surface area contributed by atoms with Gasteiger partial charge in [-0.3, -0.25) is 9.09 Å². The molecule has 2 aromatic heterocycles. The molecular formula is C19H29N5O14P2S2. The van der Waals surface area contributed by atoms with Gasteiger partial charge in [-0.1, -0.05) is 6.08 Å². The van der Waals surface area contributed by atoms with Gasteiger partial charge < -0.3 is 60.5 Å². The molecular weight excluding hydrogens is 648 g/mol. The summed E-state index contributed by atoms with van der Waals surface area (Å²) < 4.78 is 33.4. The van der Waals surface area contributed by atoms with Crippen LogP contribution in [0.15, 0.2) is 25.3 Å². The van der Waals surface area contributed by atoms with Gasteiger partial charge in [-0.2, -0.15) is 0 Å². The van der Waals surface area contributed by atoms with Crippen LogP contribution in [0.2, 0.25) is 0 Å². The molecule has 4 heterocycles. The lowest BCUT2D eigenvalue weighted by Crippen LogP contribution is -2.61. The molecule has 11 N–H and O–H groups in total. The van der Waals surface area contributed by atoms with E-state index in [0.717, 1.165) is 17.8 Å². The number of ether oxygens (including phenoxy) is 1. The van der Waals surface area contributed by atoms with Crippen molar-refractivity contribution in [3.63, 3.8) is 0 Å². The molecule has 0 bridgehead atoms. The molecule has 0 saturated carbocycles. The lowest BCUT2D eigenvalue weighted by molar-refractivity contribution is -0.292. The number of phosphoric ester groups is 1. The number of fused-ring (bicyclic) bond motifs is 1. The molecule has 7 unspecified atom stereocenters. The molecule has 2 aliphatic rings. The van der Waals surface area contributed by atoms with Gasteiger partial charge in [0.1, 0.15) is 59.4 Å². The molecule has 2 fully saturated rings. The van der Waals surface area contributed by atoms with Crippen LogP contribution in [0, 0.1) is 0 Å². The predicted octanol–water partition coefficient (Wildman–Crippen LogP) is -3.17. The van der Waals surface area contributed by atoms with Crippen LogP contribution in [0.4, 0.5) is 5.82 Å². The number of rotatable bonds is 11. The summed E-state index contributed by atoms with van der Waals surface area (Å²) >= 11 is 5.72. The van der Waals surface area contributed by atoms with Gasteiger partial charge in [0, 0.05) is 0 Å². The Bertz CT molecular complexity index is 1390. The largest absolute Gasteiger partial charge is 0.481 e. The molecule has 2 saturated heterocycles. The Morgan fingerprint density at radius 2 is 1.93 bits per heavy atom. The Hall–Kier alpha value is -1.20. The number of imidazole rings is 1. The molecule has 12 atom stereocenters. The number of nitrogens with zero attached hydrogens (tertiary/aromatic N) is 4. The molecule has 0 spiro atoms. The molecule has 19 nitrogen and oxygen atoms in total. The van der Waals surface area contributed by atoms with Gasteiger partial charge in [0.25, 0.3) is 0 Å². The molecule has 0 radical (unpaired) electrons. The van der Waals surface area contributed by atoms with E-state index in [2.05, 4.69) is 30.4 Å². The molecule has 2 aromatic rings. The first-order valence-electron chi connectivity index (χ1n) is 11.9. The van der Waals surface area contributed by atoms with Crippen molar-refractivity contribution in [2.75, 3.05) is 18.9 Å². The topological polar surface area (TPSA) is 306 Å². The summed E-state index contributed by atoms with van der Waals surface area (Å²) in [7, 11) is -5.45. The highest BCUT2D eigenvalue weighted by molar-refractivity contribution is 8.08. The van der Waals surface area contributed by atoms with E-state index < -0.39 is 86.9 Å². The number of aliphatic hydroxyl groups is 7. The summed E-state index contributed by atoms with van der Waals surface area (Å²) in [4.78, 5) is 32.7. The van der Waals surface area contributed by atoms with Gasteiger partial charge in [0.15, 0.2) is 17.8 Å². The highest BCUT2D eigenvalue weighted by Gasteiger charge is 2.55. The third-order valence-electron chi connectivity index (χ3n) is 6.51. The summed E-state index contributed by atoms with van der Waals surface area (Å²) in [5.41, 5.74) is 4.31. The number of hydrogen-bond acceptors (Lipinski definition) is 18. The van der Waals surface area contributed by atoms with E-state index in [1.54, 1.807) is 0 Å². The van der Waals surface area contributed by atoms with Gasteiger partial charge in [-0.25, -0.2) is 23.8 Å². The summed E-state index contributed by atoms with van der Waals surface area (Å²) in [6.07, 6.45) is -9.81. The molecule has 23 heteroatoms. The number of aliphatic hydroxyl groups excluding tert-OH is 6. The average molecular weight is 678 g/mol. The van der Waals surface area contributed by atoms with Crippen LogP contribution >= 0.6 is 26.3 Å². The number of hydrogen-bond donors (Lipinski definition) is 10. The van der Waals surface area contributed by atoms with Crippen LogP contribution < -0.4 is 5.73 Å². The molecule has 42 heavy (non-hydrogen) atoms. The quantitative estimate of drug-likeness (QED) is 0.0828. The van der Waals surface area contributed by atoms with Gasteiger partial charge in [0.05, 0.1) is 24.8 Å². The fraction of sp³-hybridized carbons (Fsp3) is 0.632. The van der Waals surface area contributed by atoms with Crippen molar-refractivity contribution >= 4 is 55.1 Å². The highest BCUT2D eigenvalue weighted by Crippen LogP contribution is 2.62. The normalized spacial score (nSPS) is 37.3. The lowest BCUT2D eigenvalue weighted by atomic mass is 9.94. The fourth-order valence-corrected chi connectivity index (χ4v) is 9.13. The molecule has 0 aliphatic carbocycles. The highest BCUT2D eigenvalue weighted by atomic mass is 32.5. The summed E-state index contributed by atoms with van der Waals surface area (Å²) in [5.74, 6) is 0.0787. The maximum atomic E-state index is 12.6. The van der Waals surface area contributed by atoms with E-state index in [4.69, 9.17) is 31.9 Å². The molecule has 0 aromatic carbocycles. The predicted molar refractivity (Wildman–Crippen MR) is 146 cm³/mol. The first-order chi connectivity index (χ1) is 19.5. The van der Waals surface area contributed by atoms with Crippen LogP contribution in [0.25, 0.3) is 11.2 Å². The second-order valence-electron chi connectivity index (χ2n) is 9.26. The van der Waals surface area contributed by atoms with Gasteiger partial charge >= 0.3 is 14.5 Å². The van der Waals surface area contributed by atoms with Crippen molar-refractivity contribution in [2.24, 2.45) is 0 Å². The molecule has 4 rings (SSSR count). The fourth-order valence-electron chi connectivity index (χ4n) is 4.33. The molecule has 2 aliphatic heterocycles. The summed E-state index contributed by atoms with van der Waals surface area (Å²) in [6, 6.07) is 0. The van der Waals surface area contributed by atoms with E-state index in [1.807, 2.05) is 0 Å². The zero-order valence-corrected chi connectivity index (χ0v) is 24.6. The third kappa shape index (κ3) is 6.58. The van der Waals surface area contributed by atoms with Crippen LogP contribution in [-0.4, -0.2) is 132 Å². The Balaban J connectivity index is 1.44. The minimum Gasteiger partial charge on any atom is -0.394 e. The van der Waals surface area contributed by atoms with Crippen molar-refractivity contribution in [3.8, 4) is 0 Å². The van der Waals surface area contributed by atoms with E-state index in [0.29, 0.717) is 0 Å². The second-order valence-corrected chi connectivity index (χ2v) is 15.0. The monoisotopic (exact) mass is 677 g/mol. The summed E-state index contributed by atoms with van der Waals surface area (Å²) in [6.45, 7) is -2.65. The number of nitrogen functional groups attached to an aromatic ring is 1. The number of phosphoric acid groups is 1. The molecule has 236 valence electrons. The minimum atomic E-state index is -5.45. The van der Waals surface area contributed by atoms with Crippen molar-refractivity contribution < 1.29 is 68.2 Å². The van der Waals surface area contributed by atoms with Gasteiger partial charge in [-0.15, -0.1) is 18.3 Å². The number of thioether (sulfide) groups is 1. The minimum absolute atomic E-state index is 0.0787. The molecule has 0 amide bonds. The van der Waals surface area contributed by atoms with Crippen LogP contribution in [0.5, 0.6) is 0 Å². The average Bonchev–Trinajstić information content (AvgIpc) is 3.46. The Morgan fingerprint density at radius 1 is 1.24 bits per heavy atom. The Labute approximate surface area is 246 Å². The van der Waals surface area contributed by atoms with E-state index >= 15 is 0 Å². The van der Waals surface area contributed by atoms with Crippen molar-refractivity contribution in [1.29, 1.82) is 0 Å². The van der Waals surface area contributed by atoms with Crippen molar-refractivity contribution in [1.82, 2.24) is 19.5 Å². The van der Waals surface area contributed by atoms with Crippen molar-refractivity contribution in [2.45, 2.75) is 59.1 Å². The van der Waals surface area contributed by atoms with Crippen molar-refractivity contribution in [3.05, 3.63) is 25.3 Å². The van der Waals surface area contributed by atoms with Gasteiger partial charge in [0.2, 0.25) is 0 Å². The standard InChI is InChI=1S/C19H29N5O14P2S2/c1-2-19(31)14(30)8(42-18(19)24-6-23-9-15(20)21-5-22-16(9)24)4-35-40(34,41)38-39(32,33)37-17-12(29)10(27)11(28)13(36-17)7(26)3-25/h2,5-8,10-14,17-18,25-31H,1,3-4H2,(H,32,33)(H,34,41)(H2,20,21,22)/t7-,8+,10?,11?,12?,13?,14+,17?,18+,19+,40?/m0/s1.